The second-order valence-electron chi connectivity index (χ2n) is 6.40. The van der Waals surface area contributed by atoms with E-state index in [0.717, 1.165) is 19.6 Å². The third kappa shape index (κ3) is 4.53. The number of hydrogen-bond acceptors (Lipinski definition) is 4. The fourth-order valence-electron chi connectivity index (χ4n) is 2.97. The molecule has 0 radical (unpaired) electrons. The molecule has 1 saturated heterocycles. The van der Waals surface area contributed by atoms with Crippen LogP contribution in [-0.4, -0.2) is 56.4 Å². The van der Waals surface area contributed by atoms with E-state index in [1.165, 1.54) is 5.56 Å². The molecular weight excluding hydrogens is 280 g/mol. The molecule has 1 heterocycles. The molecule has 1 unspecified atom stereocenters. The summed E-state index contributed by atoms with van der Waals surface area (Å²) in [6, 6.07) is 7.76. The third-order valence-electron chi connectivity index (χ3n) is 3.75. The predicted molar refractivity (Wildman–Crippen MR) is 85.9 cm³/mol. The summed E-state index contributed by atoms with van der Waals surface area (Å²) < 4.78 is 11.3. The highest BCUT2D eigenvalue weighted by Gasteiger charge is 2.33. The maximum atomic E-state index is 11.6. The molecule has 0 bridgehead atoms. The Bertz CT molecular complexity index is 499. The van der Waals surface area contributed by atoms with E-state index in [9.17, 15) is 4.79 Å². The van der Waals surface area contributed by atoms with Crippen LogP contribution >= 0.6 is 0 Å². The summed E-state index contributed by atoms with van der Waals surface area (Å²) in [6.45, 7) is 7.41. The summed E-state index contributed by atoms with van der Waals surface area (Å²) >= 11 is 0. The molecule has 1 aromatic carbocycles. The molecular formula is C17H26N2O3. The predicted octanol–water partition coefficient (Wildman–Crippen LogP) is 1.67. The minimum atomic E-state index is -0.177. The van der Waals surface area contributed by atoms with E-state index in [1.807, 2.05) is 24.3 Å². The van der Waals surface area contributed by atoms with E-state index in [1.54, 1.807) is 14.2 Å². The van der Waals surface area contributed by atoms with Crippen LogP contribution in [-0.2, 0) is 16.0 Å². The maximum Gasteiger partial charge on any atom is 0.251 e. The van der Waals surface area contributed by atoms with Gasteiger partial charge in [-0.15, -0.1) is 0 Å². The highest BCUT2D eigenvalue weighted by molar-refractivity contribution is 5.93. The molecule has 2 rings (SSSR count). The highest BCUT2D eigenvalue weighted by Crippen LogP contribution is 2.22. The van der Waals surface area contributed by atoms with Gasteiger partial charge in [-0.3, -0.25) is 9.69 Å². The quantitative estimate of drug-likeness (QED) is 0.899. The molecule has 0 aliphatic carbocycles. The minimum absolute atomic E-state index is 0.0563. The molecule has 0 saturated carbocycles. The Morgan fingerprint density at radius 3 is 2.68 bits per heavy atom. The first-order valence-electron chi connectivity index (χ1n) is 7.63. The first-order valence-corrected chi connectivity index (χ1v) is 7.63. The standard InChI is InChI=1S/C17H26N2O3/c1-17(2)12-19(10-15(22-17)11-21-4)9-13-5-7-14(8-6-13)16(20)18-3/h5-8,15H,9-12H2,1-4H3,(H,18,20). The molecule has 0 aromatic heterocycles. The third-order valence-corrected chi connectivity index (χ3v) is 3.75. The number of nitrogens with zero attached hydrogens (tertiary/aromatic N) is 1. The number of methoxy groups -OCH3 is 1. The Morgan fingerprint density at radius 1 is 1.41 bits per heavy atom. The average molecular weight is 306 g/mol. The Morgan fingerprint density at radius 2 is 2.09 bits per heavy atom. The van der Waals surface area contributed by atoms with Crippen LogP contribution in [0.15, 0.2) is 24.3 Å². The molecule has 1 atom stereocenters. The Kier molecular flexibility index (Phi) is 5.56. The van der Waals surface area contributed by atoms with E-state index in [0.29, 0.717) is 12.2 Å². The van der Waals surface area contributed by atoms with Crippen molar-refractivity contribution >= 4 is 5.91 Å². The number of morpholine rings is 1. The van der Waals surface area contributed by atoms with Gasteiger partial charge in [-0.25, -0.2) is 0 Å². The summed E-state index contributed by atoms with van der Waals surface area (Å²) in [4.78, 5) is 13.9. The summed E-state index contributed by atoms with van der Waals surface area (Å²) in [7, 11) is 3.34. The van der Waals surface area contributed by atoms with Gasteiger partial charge in [0, 0.05) is 39.4 Å². The van der Waals surface area contributed by atoms with Crippen molar-refractivity contribution in [3.05, 3.63) is 35.4 Å². The lowest BCUT2D eigenvalue weighted by molar-refractivity contribution is -0.154. The molecule has 1 aromatic rings. The van der Waals surface area contributed by atoms with Gasteiger partial charge in [0.2, 0.25) is 0 Å². The van der Waals surface area contributed by atoms with Crippen molar-refractivity contribution in [3.63, 3.8) is 0 Å². The zero-order chi connectivity index (χ0) is 16.2. The average Bonchev–Trinajstić information content (AvgIpc) is 2.46. The molecule has 1 amide bonds. The molecule has 1 aliphatic rings. The van der Waals surface area contributed by atoms with Gasteiger partial charge >= 0.3 is 0 Å². The molecule has 122 valence electrons. The number of carbonyl (C=O) groups is 1. The van der Waals surface area contributed by atoms with E-state index in [-0.39, 0.29) is 17.6 Å². The van der Waals surface area contributed by atoms with Crippen molar-refractivity contribution in [2.24, 2.45) is 0 Å². The second kappa shape index (κ2) is 7.22. The van der Waals surface area contributed by atoms with Crippen molar-refractivity contribution in [1.82, 2.24) is 10.2 Å². The molecule has 5 nitrogen and oxygen atoms in total. The first kappa shape index (κ1) is 16.9. The first-order chi connectivity index (χ1) is 10.4. The molecule has 22 heavy (non-hydrogen) atoms. The molecule has 0 spiro atoms. The zero-order valence-electron chi connectivity index (χ0n) is 13.9. The van der Waals surface area contributed by atoms with E-state index < -0.39 is 0 Å². The van der Waals surface area contributed by atoms with Gasteiger partial charge in [0.15, 0.2) is 0 Å². The lowest BCUT2D eigenvalue weighted by Crippen LogP contribution is -2.53. The lowest BCUT2D eigenvalue weighted by Gasteiger charge is -2.42. The van der Waals surface area contributed by atoms with Gasteiger partial charge in [-0.2, -0.15) is 0 Å². The molecule has 1 aliphatic heterocycles. The van der Waals surface area contributed by atoms with Crippen LogP contribution in [0.4, 0.5) is 0 Å². The van der Waals surface area contributed by atoms with E-state index >= 15 is 0 Å². The topological polar surface area (TPSA) is 50.8 Å². The van der Waals surface area contributed by atoms with Crippen molar-refractivity contribution in [2.45, 2.75) is 32.1 Å². The highest BCUT2D eigenvalue weighted by atomic mass is 16.5. The van der Waals surface area contributed by atoms with Crippen molar-refractivity contribution in [3.8, 4) is 0 Å². The van der Waals surface area contributed by atoms with Crippen LogP contribution in [0.2, 0.25) is 0 Å². The number of hydrogen-bond donors (Lipinski definition) is 1. The summed E-state index contributed by atoms with van der Waals surface area (Å²) in [5.74, 6) is -0.0563. The number of carbonyl (C=O) groups excluding carboxylic acids is 1. The van der Waals surface area contributed by atoms with Gasteiger partial charge < -0.3 is 14.8 Å². The number of nitrogens with one attached hydrogen (secondary N) is 1. The Labute approximate surface area is 132 Å². The minimum Gasteiger partial charge on any atom is -0.382 e. The van der Waals surface area contributed by atoms with Crippen LogP contribution in [0.1, 0.15) is 29.8 Å². The van der Waals surface area contributed by atoms with Crippen molar-refractivity contribution in [1.29, 1.82) is 0 Å². The van der Waals surface area contributed by atoms with Crippen LogP contribution in [0, 0.1) is 0 Å². The summed E-state index contributed by atoms with van der Waals surface area (Å²) in [5.41, 5.74) is 1.70. The molecule has 1 fully saturated rings. The van der Waals surface area contributed by atoms with Gasteiger partial charge in [-0.1, -0.05) is 12.1 Å². The van der Waals surface area contributed by atoms with Gasteiger partial charge in [0.05, 0.1) is 18.3 Å². The smallest absolute Gasteiger partial charge is 0.251 e. The van der Waals surface area contributed by atoms with Crippen LogP contribution in [0.5, 0.6) is 0 Å². The molecule has 5 heteroatoms. The summed E-state index contributed by atoms with van der Waals surface area (Å²) in [6.07, 6.45) is 0.0962. The van der Waals surface area contributed by atoms with Crippen molar-refractivity contribution < 1.29 is 14.3 Å². The number of benzene rings is 1. The van der Waals surface area contributed by atoms with Crippen LogP contribution in [0.25, 0.3) is 0 Å². The van der Waals surface area contributed by atoms with E-state index in [2.05, 4.69) is 24.1 Å². The number of amides is 1. The van der Waals surface area contributed by atoms with Gasteiger partial charge in [0.1, 0.15) is 0 Å². The normalized spacial score (nSPS) is 21.5. The Hall–Kier alpha value is -1.43. The zero-order valence-corrected chi connectivity index (χ0v) is 13.9. The summed E-state index contributed by atoms with van der Waals surface area (Å²) in [5, 5.41) is 2.63. The van der Waals surface area contributed by atoms with Crippen molar-refractivity contribution in [2.75, 3.05) is 33.9 Å². The number of ether oxygens (including phenoxy) is 2. The monoisotopic (exact) mass is 306 g/mol. The Balaban J connectivity index is 2.01. The van der Waals surface area contributed by atoms with Crippen LogP contribution in [0.3, 0.4) is 0 Å². The fourth-order valence-corrected chi connectivity index (χ4v) is 2.97. The lowest BCUT2D eigenvalue weighted by atomic mass is 10.0. The second-order valence-corrected chi connectivity index (χ2v) is 6.40. The SMILES string of the molecule is CNC(=O)c1ccc(CN2CC(COC)OC(C)(C)C2)cc1. The largest absolute Gasteiger partial charge is 0.382 e. The van der Waals surface area contributed by atoms with Gasteiger partial charge in [0.25, 0.3) is 5.91 Å². The maximum absolute atomic E-state index is 11.6. The van der Waals surface area contributed by atoms with Crippen LogP contribution < -0.4 is 5.32 Å². The fraction of sp³-hybridized carbons (Fsp3) is 0.588. The van der Waals surface area contributed by atoms with Gasteiger partial charge in [-0.05, 0) is 31.5 Å². The number of rotatable bonds is 5. The molecule has 1 N–H and O–H groups in total. The van der Waals surface area contributed by atoms with E-state index in [4.69, 9.17) is 9.47 Å².